The van der Waals surface area contributed by atoms with Crippen molar-refractivity contribution in [2.24, 2.45) is 5.92 Å². The van der Waals surface area contributed by atoms with E-state index >= 15 is 0 Å². The van der Waals surface area contributed by atoms with Crippen molar-refractivity contribution in [3.63, 3.8) is 0 Å². The SMILES string of the molecule is O=C(O)CC1CN(c2ncnc3sccc23)C1. The number of rotatable bonds is 3. The van der Waals surface area contributed by atoms with Gasteiger partial charge in [-0.05, 0) is 11.4 Å². The van der Waals surface area contributed by atoms with Gasteiger partial charge in [-0.15, -0.1) is 11.3 Å². The number of carboxylic acids is 1. The van der Waals surface area contributed by atoms with Gasteiger partial charge < -0.3 is 10.0 Å². The smallest absolute Gasteiger partial charge is 0.303 e. The van der Waals surface area contributed by atoms with Gasteiger partial charge in [-0.3, -0.25) is 4.79 Å². The van der Waals surface area contributed by atoms with E-state index in [4.69, 9.17) is 5.11 Å². The van der Waals surface area contributed by atoms with Crippen LogP contribution in [0, 0.1) is 5.92 Å². The molecule has 3 rings (SSSR count). The molecule has 1 N–H and O–H groups in total. The van der Waals surface area contributed by atoms with Gasteiger partial charge in [0.2, 0.25) is 0 Å². The van der Waals surface area contributed by atoms with Gasteiger partial charge in [0.05, 0.1) is 11.8 Å². The van der Waals surface area contributed by atoms with Gasteiger partial charge in [0.1, 0.15) is 17.0 Å². The average molecular weight is 249 g/mol. The first-order valence-electron chi connectivity index (χ1n) is 5.39. The Hall–Kier alpha value is -1.69. The first-order chi connectivity index (χ1) is 8.24. The van der Waals surface area contributed by atoms with Crippen LogP contribution in [0.3, 0.4) is 0 Å². The van der Waals surface area contributed by atoms with Crippen molar-refractivity contribution < 1.29 is 9.90 Å². The van der Waals surface area contributed by atoms with Crippen LogP contribution in [0.4, 0.5) is 5.82 Å². The zero-order valence-electron chi connectivity index (χ0n) is 9.04. The standard InChI is InChI=1S/C11H11N3O2S/c15-9(16)3-7-4-14(5-7)10-8-1-2-17-11(8)13-6-12-10/h1-2,6-7H,3-5H2,(H,15,16). The molecular weight excluding hydrogens is 238 g/mol. The molecule has 5 nitrogen and oxygen atoms in total. The molecular formula is C11H11N3O2S. The van der Waals surface area contributed by atoms with Gasteiger partial charge in [-0.1, -0.05) is 0 Å². The molecule has 2 aromatic rings. The summed E-state index contributed by atoms with van der Waals surface area (Å²) in [6.07, 6.45) is 1.81. The Morgan fingerprint density at radius 3 is 3.12 bits per heavy atom. The molecule has 0 amide bonds. The predicted octanol–water partition coefficient (Wildman–Crippen LogP) is 1.60. The lowest BCUT2D eigenvalue weighted by Gasteiger charge is -2.39. The summed E-state index contributed by atoms with van der Waals surface area (Å²) in [6.45, 7) is 1.54. The molecule has 0 aliphatic carbocycles. The van der Waals surface area contributed by atoms with Crippen LogP contribution < -0.4 is 4.90 Å². The van der Waals surface area contributed by atoms with Crippen LogP contribution in [0.1, 0.15) is 6.42 Å². The summed E-state index contributed by atoms with van der Waals surface area (Å²) in [6, 6.07) is 2.01. The van der Waals surface area contributed by atoms with Crippen molar-refractivity contribution in [1.82, 2.24) is 9.97 Å². The summed E-state index contributed by atoms with van der Waals surface area (Å²) in [5, 5.41) is 11.8. The van der Waals surface area contributed by atoms with Crippen LogP contribution in [-0.2, 0) is 4.79 Å². The third-order valence-electron chi connectivity index (χ3n) is 2.96. The maximum Gasteiger partial charge on any atom is 0.303 e. The highest BCUT2D eigenvalue weighted by atomic mass is 32.1. The zero-order valence-corrected chi connectivity index (χ0v) is 9.85. The van der Waals surface area contributed by atoms with Crippen LogP contribution in [-0.4, -0.2) is 34.1 Å². The van der Waals surface area contributed by atoms with Crippen molar-refractivity contribution >= 4 is 33.3 Å². The number of carbonyl (C=O) groups is 1. The molecule has 88 valence electrons. The molecule has 0 aromatic carbocycles. The van der Waals surface area contributed by atoms with E-state index in [1.807, 2.05) is 11.4 Å². The molecule has 2 aromatic heterocycles. The lowest BCUT2D eigenvalue weighted by molar-refractivity contribution is -0.138. The van der Waals surface area contributed by atoms with Crippen LogP contribution in [0.2, 0.25) is 0 Å². The van der Waals surface area contributed by atoms with E-state index in [2.05, 4.69) is 14.9 Å². The second kappa shape index (κ2) is 3.96. The highest BCUT2D eigenvalue weighted by Gasteiger charge is 2.30. The molecule has 1 aliphatic heterocycles. The van der Waals surface area contributed by atoms with E-state index in [0.29, 0.717) is 0 Å². The largest absolute Gasteiger partial charge is 0.481 e. The predicted molar refractivity (Wildman–Crippen MR) is 65.4 cm³/mol. The molecule has 0 radical (unpaired) electrons. The first-order valence-corrected chi connectivity index (χ1v) is 6.27. The van der Waals surface area contributed by atoms with Crippen LogP contribution in [0.25, 0.3) is 10.2 Å². The van der Waals surface area contributed by atoms with Crippen LogP contribution in [0.15, 0.2) is 17.8 Å². The summed E-state index contributed by atoms with van der Waals surface area (Å²) < 4.78 is 0. The van der Waals surface area contributed by atoms with Gasteiger partial charge in [-0.25, -0.2) is 9.97 Å². The topological polar surface area (TPSA) is 66.3 Å². The Bertz CT molecular complexity index is 563. The van der Waals surface area contributed by atoms with Crippen molar-refractivity contribution in [3.05, 3.63) is 17.8 Å². The Balaban J connectivity index is 1.78. The van der Waals surface area contributed by atoms with E-state index in [9.17, 15) is 4.79 Å². The molecule has 0 bridgehead atoms. The molecule has 1 aliphatic rings. The van der Waals surface area contributed by atoms with Gasteiger partial charge in [0, 0.05) is 19.0 Å². The summed E-state index contributed by atoms with van der Waals surface area (Å²) in [7, 11) is 0. The fourth-order valence-corrected chi connectivity index (χ4v) is 2.88. The fourth-order valence-electron chi connectivity index (χ4n) is 2.15. The molecule has 0 atom stereocenters. The molecule has 1 saturated heterocycles. The van der Waals surface area contributed by atoms with Crippen molar-refractivity contribution in [2.45, 2.75) is 6.42 Å². The number of nitrogens with zero attached hydrogens (tertiary/aromatic N) is 3. The molecule has 0 saturated carbocycles. The molecule has 6 heteroatoms. The van der Waals surface area contributed by atoms with Crippen molar-refractivity contribution in [3.8, 4) is 0 Å². The molecule has 17 heavy (non-hydrogen) atoms. The van der Waals surface area contributed by atoms with E-state index in [0.717, 1.165) is 29.1 Å². The second-order valence-corrected chi connectivity index (χ2v) is 5.10. The maximum atomic E-state index is 10.6. The van der Waals surface area contributed by atoms with Gasteiger partial charge in [-0.2, -0.15) is 0 Å². The number of aliphatic carboxylic acids is 1. The first kappa shape index (κ1) is 10.5. The lowest BCUT2D eigenvalue weighted by atomic mass is 9.96. The highest BCUT2D eigenvalue weighted by molar-refractivity contribution is 7.16. The van der Waals surface area contributed by atoms with Gasteiger partial charge >= 0.3 is 5.97 Å². The number of hydrogen-bond acceptors (Lipinski definition) is 5. The maximum absolute atomic E-state index is 10.6. The highest BCUT2D eigenvalue weighted by Crippen LogP contribution is 2.31. The minimum absolute atomic E-state index is 0.244. The number of carboxylic acid groups (broad SMARTS) is 1. The number of fused-ring (bicyclic) bond motifs is 1. The number of hydrogen-bond donors (Lipinski definition) is 1. The lowest BCUT2D eigenvalue weighted by Crippen LogP contribution is -2.48. The number of thiophene rings is 1. The molecule has 3 heterocycles. The Kier molecular flexibility index (Phi) is 2.44. The van der Waals surface area contributed by atoms with E-state index < -0.39 is 5.97 Å². The quantitative estimate of drug-likeness (QED) is 0.895. The zero-order chi connectivity index (χ0) is 11.8. The van der Waals surface area contributed by atoms with Gasteiger partial charge in [0.15, 0.2) is 0 Å². The Labute approximate surface area is 102 Å². The normalized spacial score (nSPS) is 16.1. The van der Waals surface area contributed by atoms with Crippen molar-refractivity contribution in [2.75, 3.05) is 18.0 Å². The summed E-state index contributed by atoms with van der Waals surface area (Å²) in [5.41, 5.74) is 0. The van der Waals surface area contributed by atoms with Crippen LogP contribution >= 0.6 is 11.3 Å². The summed E-state index contributed by atoms with van der Waals surface area (Å²) in [5.74, 6) is 0.451. The molecule has 1 fully saturated rings. The Morgan fingerprint density at radius 2 is 2.35 bits per heavy atom. The number of anilines is 1. The minimum atomic E-state index is -0.724. The second-order valence-electron chi connectivity index (χ2n) is 4.21. The van der Waals surface area contributed by atoms with E-state index in [-0.39, 0.29) is 12.3 Å². The fraction of sp³-hybridized carbons (Fsp3) is 0.364. The monoisotopic (exact) mass is 249 g/mol. The molecule has 0 spiro atoms. The third-order valence-corrected chi connectivity index (χ3v) is 3.78. The Morgan fingerprint density at radius 1 is 1.53 bits per heavy atom. The molecule has 0 unspecified atom stereocenters. The minimum Gasteiger partial charge on any atom is -0.481 e. The average Bonchev–Trinajstić information content (AvgIpc) is 2.70. The van der Waals surface area contributed by atoms with Gasteiger partial charge in [0.25, 0.3) is 0 Å². The van der Waals surface area contributed by atoms with E-state index in [1.165, 1.54) is 0 Å². The summed E-state index contributed by atoms with van der Waals surface area (Å²) >= 11 is 1.59. The van der Waals surface area contributed by atoms with Crippen molar-refractivity contribution in [1.29, 1.82) is 0 Å². The summed E-state index contributed by atoms with van der Waals surface area (Å²) in [4.78, 5) is 22.2. The van der Waals surface area contributed by atoms with E-state index in [1.54, 1.807) is 17.7 Å². The third kappa shape index (κ3) is 1.84. The van der Waals surface area contributed by atoms with Crippen LogP contribution in [0.5, 0.6) is 0 Å². The number of aromatic nitrogens is 2.